The number of hydrogen-bond donors (Lipinski definition) is 1. The quantitative estimate of drug-likeness (QED) is 0.839. The monoisotopic (exact) mass is 293 g/mol. The summed E-state index contributed by atoms with van der Waals surface area (Å²) in [7, 11) is 0. The van der Waals surface area contributed by atoms with Gasteiger partial charge in [0.2, 0.25) is 0 Å². The lowest BCUT2D eigenvalue weighted by Gasteiger charge is -2.20. The van der Waals surface area contributed by atoms with E-state index in [0.29, 0.717) is 6.10 Å². The number of rotatable bonds is 7. The molecule has 1 saturated heterocycles. The van der Waals surface area contributed by atoms with Crippen molar-refractivity contribution in [2.24, 2.45) is 0 Å². The summed E-state index contributed by atoms with van der Waals surface area (Å²) in [6.07, 6.45) is 4.62. The number of aryl methyl sites for hydroxylation is 1. The van der Waals surface area contributed by atoms with Gasteiger partial charge in [-0.15, -0.1) is 0 Å². The molecule has 21 heavy (non-hydrogen) atoms. The molecule has 0 bridgehead atoms. The van der Waals surface area contributed by atoms with Crippen molar-refractivity contribution in [3.63, 3.8) is 0 Å². The molecule has 1 N–H and O–H groups in total. The zero-order valence-electron chi connectivity index (χ0n) is 14.3. The summed E-state index contributed by atoms with van der Waals surface area (Å²) in [5.41, 5.74) is 4.05. The van der Waals surface area contributed by atoms with E-state index in [-0.39, 0.29) is 5.60 Å². The Kier molecular flexibility index (Phi) is 5.44. The fourth-order valence-electron chi connectivity index (χ4n) is 3.27. The van der Waals surface area contributed by atoms with E-state index in [4.69, 9.17) is 9.84 Å². The number of aromatic nitrogens is 2. The van der Waals surface area contributed by atoms with Crippen molar-refractivity contribution in [2.45, 2.75) is 85.1 Å². The maximum atomic E-state index is 6.14. The van der Waals surface area contributed by atoms with Crippen LogP contribution in [0.1, 0.15) is 64.4 Å². The average Bonchev–Trinajstić information content (AvgIpc) is 2.96. The predicted octanol–water partition coefficient (Wildman–Crippen LogP) is 3.08. The third-order valence-corrected chi connectivity index (χ3v) is 4.40. The van der Waals surface area contributed by atoms with Crippen LogP contribution in [-0.2, 0) is 30.7 Å². The van der Waals surface area contributed by atoms with E-state index in [2.05, 4.69) is 44.6 Å². The molecule has 1 atom stereocenters. The molecule has 4 heteroatoms. The van der Waals surface area contributed by atoms with E-state index < -0.39 is 0 Å². The molecule has 0 spiro atoms. The summed E-state index contributed by atoms with van der Waals surface area (Å²) >= 11 is 0. The van der Waals surface area contributed by atoms with Crippen molar-refractivity contribution in [1.29, 1.82) is 0 Å². The molecule has 1 aliphatic rings. The molecular weight excluding hydrogens is 262 g/mol. The summed E-state index contributed by atoms with van der Waals surface area (Å²) in [5, 5.41) is 8.31. The number of nitrogens with one attached hydrogen (secondary N) is 1. The highest BCUT2D eigenvalue weighted by molar-refractivity contribution is 5.27. The summed E-state index contributed by atoms with van der Waals surface area (Å²) in [4.78, 5) is 0. The lowest BCUT2D eigenvalue weighted by atomic mass is 10.1. The second kappa shape index (κ2) is 6.93. The molecule has 0 amide bonds. The van der Waals surface area contributed by atoms with E-state index in [1.54, 1.807) is 0 Å². The van der Waals surface area contributed by atoms with Gasteiger partial charge in [-0.1, -0.05) is 20.8 Å². The van der Waals surface area contributed by atoms with Crippen LogP contribution >= 0.6 is 0 Å². The van der Waals surface area contributed by atoms with Crippen molar-refractivity contribution in [3.8, 4) is 0 Å². The van der Waals surface area contributed by atoms with Crippen LogP contribution in [0.3, 0.4) is 0 Å². The smallest absolute Gasteiger partial charge is 0.0779 e. The summed E-state index contributed by atoms with van der Waals surface area (Å²) in [6, 6.07) is 0. The molecule has 1 unspecified atom stereocenters. The van der Waals surface area contributed by atoms with Gasteiger partial charge in [0.25, 0.3) is 0 Å². The van der Waals surface area contributed by atoms with Gasteiger partial charge in [0.1, 0.15) is 0 Å². The number of ether oxygens (including phenoxy) is 1. The van der Waals surface area contributed by atoms with Crippen LogP contribution in [0, 0.1) is 0 Å². The van der Waals surface area contributed by atoms with Gasteiger partial charge in [-0.25, -0.2) is 0 Å². The van der Waals surface area contributed by atoms with Crippen LogP contribution in [0.4, 0.5) is 0 Å². The Balaban J connectivity index is 2.17. The van der Waals surface area contributed by atoms with E-state index in [1.165, 1.54) is 17.0 Å². The molecule has 1 aromatic heterocycles. The molecule has 0 aromatic carbocycles. The topological polar surface area (TPSA) is 39.1 Å². The Morgan fingerprint density at radius 3 is 2.57 bits per heavy atom. The van der Waals surface area contributed by atoms with Crippen LogP contribution in [0.15, 0.2) is 0 Å². The zero-order valence-corrected chi connectivity index (χ0v) is 14.3. The van der Waals surface area contributed by atoms with Crippen molar-refractivity contribution in [3.05, 3.63) is 17.0 Å². The standard InChI is InChI=1S/C17H31N3O/c1-6-15-14(11-18-8-3)16(7-2)20(19-15)12-13-9-10-17(4,5)21-13/h13,18H,6-12H2,1-5H3. The molecule has 2 heterocycles. The van der Waals surface area contributed by atoms with E-state index in [1.807, 2.05) is 0 Å². The molecule has 2 rings (SSSR count). The third kappa shape index (κ3) is 3.86. The van der Waals surface area contributed by atoms with Crippen LogP contribution < -0.4 is 5.32 Å². The normalized spacial score (nSPS) is 21.1. The lowest BCUT2D eigenvalue weighted by Crippen LogP contribution is -2.24. The first kappa shape index (κ1) is 16.5. The van der Waals surface area contributed by atoms with E-state index in [9.17, 15) is 0 Å². The fourth-order valence-corrected chi connectivity index (χ4v) is 3.27. The maximum absolute atomic E-state index is 6.14. The first-order chi connectivity index (χ1) is 10.0. The molecular formula is C17H31N3O. The van der Waals surface area contributed by atoms with Crippen molar-refractivity contribution < 1.29 is 4.74 Å². The molecule has 0 aliphatic carbocycles. The molecule has 0 radical (unpaired) electrons. The van der Waals surface area contributed by atoms with Crippen LogP contribution in [0.2, 0.25) is 0 Å². The fraction of sp³-hybridized carbons (Fsp3) is 0.824. The highest BCUT2D eigenvalue weighted by Crippen LogP contribution is 2.30. The van der Waals surface area contributed by atoms with Gasteiger partial charge in [0, 0.05) is 17.8 Å². The largest absolute Gasteiger partial charge is 0.370 e. The van der Waals surface area contributed by atoms with Gasteiger partial charge in [-0.2, -0.15) is 5.10 Å². The van der Waals surface area contributed by atoms with Gasteiger partial charge >= 0.3 is 0 Å². The van der Waals surface area contributed by atoms with E-state index >= 15 is 0 Å². The average molecular weight is 293 g/mol. The minimum Gasteiger partial charge on any atom is -0.370 e. The Labute approximate surface area is 129 Å². The Morgan fingerprint density at radius 1 is 1.29 bits per heavy atom. The van der Waals surface area contributed by atoms with Crippen LogP contribution in [0.5, 0.6) is 0 Å². The second-order valence-electron chi connectivity index (χ2n) is 6.58. The third-order valence-electron chi connectivity index (χ3n) is 4.40. The van der Waals surface area contributed by atoms with Crippen LogP contribution in [0.25, 0.3) is 0 Å². The van der Waals surface area contributed by atoms with Crippen molar-refractivity contribution in [1.82, 2.24) is 15.1 Å². The maximum Gasteiger partial charge on any atom is 0.0779 e. The van der Waals surface area contributed by atoms with Gasteiger partial charge in [-0.3, -0.25) is 4.68 Å². The Morgan fingerprint density at radius 2 is 2.05 bits per heavy atom. The summed E-state index contributed by atoms with van der Waals surface area (Å²) < 4.78 is 8.35. The molecule has 1 fully saturated rings. The van der Waals surface area contributed by atoms with Gasteiger partial charge < -0.3 is 10.1 Å². The van der Waals surface area contributed by atoms with Crippen LogP contribution in [-0.4, -0.2) is 28.0 Å². The first-order valence-corrected chi connectivity index (χ1v) is 8.46. The first-order valence-electron chi connectivity index (χ1n) is 8.46. The summed E-state index contributed by atoms with van der Waals surface area (Å²) in [5.74, 6) is 0. The minimum atomic E-state index is 0.0321. The van der Waals surface area contributed by atoms with Gasteiger partial charge in [0.05, 0.1) is 23.9 Å². The number of nitrogens with zero attached hydrogens (tertiary/aromatic N) is 2. The summed E-state index contributed by atoms with van der Waals surface area (Å²) in [6.45, 7) is 13.8. The lowest BCUT2D eigenvalue weighted by molar-refractivity contribution is -0.0233. The van der Waals surface area contributed by atoms with Gasteiger partial charge in [0.15, 0.2) is 0 Å². The van der Waals surface area contributed by atoms with Crippen molar-refractivity contribution >= 4 is 0 Å². The van der Waals surface area contributed by atoms with Gasteiger partial charge in [-0.05, 0) is 46.1 Å². The van der Waals surface area contributed by atoms with Crippen molar-refractivity contribution in [2.75, 3.05) is 6.54 Å². The highest BCUT2D eigenvalue weighted by atomic mass is 16.5. The zero-order chi connectivity index (χ0) is 15.5. The van der Waals surface area contributed by atoms with E-state index in [0.717, 1.165) is 45.3 Å². The molecule has 120 valence electrons. The SMILES string of the molecule is CCNCc1c(CC)nn(CC2CCC(C)(C)O2)c1CC. The predicted molar refractivity (Wildman–Crippen MR) is 86.5 cm³/mol. The number of hydrogen-bond acceptors (Lipinski definition) is 3. The second-order valence-corrected chi connectivity index (χ2v) is 6.58. The molecule has 1 aromatic rings. The molecule has 1 aliphatic heterocycles. The minimum absolute atomic E-state index is 0.0321. The molecule has 4 nitrogen and oxygen atoms in total. The highest BCUT2D eigenvalue weighted by Gasteiger charge is 2.32. The Hall–Kier alpha value is -0.870. The Bertz CT molecular complexity index is 465. The molecule has 0 saturated carbocycles.